The molecule has 27 heavy (non-hydrogen) atoms. The molecule has 1 aromatic carbocycles. The van der Waals surface area contributed by atoms with Gasteiger partial charge in [-0.15, -0.1) is 0 Å². The fraction of sp³-hybridized carbons (Fsp3) is 0.526. The van der Waals surface area contributed by atoms with Gasteiger partial charge < -0.3 is 9.64 Å². The van der Waals surface area contributed by atoms with Crippen LogP contribution in [0.5, 0.6) is 0 Å². The van der Waals surface area contributed by atoms with Gasteiger partial charge in [-0.25, -0.2) is 13.1 Å². The second-order valence-electron chi connectivity index (χ2n) is 6.94. The third kappa shape index (κ3) is 5.78. The van der Waals surface area contributed by atoms with Crippen molar-refractivity contribution in [3.8, 4) is 0 Å². The standard InChI is InChI=1S/C19H25ClN2O4S/c20-16-6-3-15(4-7-16)5-8-19(23)22-11-9-18(10-12-22)27(24,25)21-14-17-2-1-13-26-17/h3-8,17-18,21H,1-2,9-14H2/b8-5+/t17-/m1/s1. The van der Waals surface area contributed by atoms with Crippen LogP contribution in [0.2, 0.25) is 5.02 Å². The lowest BCUT2D eigenvalue weighted by Gasteiger charge is -2.31. The average molecular weight is 413 g/mol. The van der Waals surface area contributed by atoms with Crippen molar-refractivity contribution in [2.24, 2.45) is 0 Å². The number of benzene rings is 1. The van der Waals surface area contributed by atoms with Crippen LogP contribution < -0.4 is 4.72 Å². The summed E-state index contributed by atoms with van der Waals surface area (Å²) in [5, 5.41) is 0.193. The number of amides is 1. The summed E-state index contributed by atoms with van der Waals surface area (Å²) in [5.41, 5.74) is 0.892. The first-order valence-electron chi connectivity index (χ1n) is 9.27. The maximum Gasteiger partial charge on any atom is 0.246 e. The Bertz CT molecular complexity index is 765. The van der Waals surface area contributed by atoms with E-state index in [0.717, 1.165) is 18.4 Å². The molecule has 2 saturated heterocycles. The first kappa shape index (κ1) is 20.3. The summed E-state index contributed by atoms with van der Waals surface area (Å²) < 4.78 is 33.1. The van der Waals surface area contributed by atoms with Gasteiger partial charge in [-0.3, -0.25) is 4.79 Å². The summed E-state index contributed by atoms with van der Waals surface area (Å²) in [7, 11) is -3.38. The molecular weight excluding hydrogens is 388 g/mol. The predicted molar refractivity (Wildman–Crippen MR) is 106 cm³/mol. The van der Waals surface area contributed by atoms with Gasteiger partial charge in [-0.2, -0.15) is 0 Å². The molecule has 148 valence electrons. The molecule has 1 aromatic rings. The number of carbonyl (C=O) groups excluding carboxylic acids is 1. The van der Waals surface area contributed by atoms with Crippen molar-refractivity contribution in [3.05, 3.63) is 40.9 Å². The number of likely N-dealkylation sites (tertiary alicyclic amines) is 1. The van der Waals surface area contributed by atoms with E-state index in [0.29, 0.717) is 44.1 Å². The van der Waals surface area contributed by atoms with E-state index in [2.05, 4.69) is 4.72 Å². The highest BCUT2D eigenvalue weighted by Gasteiger charge is 2.31. The lowest BCUT2D eigenvalue weighted by atomic mass is 10.1. The van der Waals surface area contributed by atoms with Gasteiger partial charge in [0.1, 0.15) is 0 Å². The number of nitrogens with zero attached hydrogens (tertiary/aromatic N) is 1. The van der Waals surface area contributed by atoms with Crippen LogP contribution in [0, 0.1) is 0 Å². The quantitative estimate of drug-likeness (QED) is 0.728. The van der Waals surface area contributed by atoms with Crippen molar-refractivity contribution in [2.75, 3.05) is 26.2 Å². The topological polar surface area (TPSA) is 75.7 Å². The predicted octanol–water partition coefficient (Wildman–Crippen LogP) is 2.44. The van der Waals surface area contributed by atoms with Gasteiger partial charge in [0, 0.05) is 37.3 Å². The highest BCUT2D eigenvalue weighted by atomic mass is 35.5. The molecule has 1 amide bonds. The van der Waals surface area contributed by atoms with E-state index in [4.69, 9.17) is 16.3 Å². The van der Waals surface area contributed by atoms with E-state index < -0.39 is 15.3 Å². The monoisotopic (exact) mass is 412 g/mol. The van der Waals surface area contributed by atoms with Gasteiger partial charge >= 0.3 is 0 Å². The fourth-order valence-electron chi connectivity index (χ4n) is 3.37. The largest absolute Gasteiger partial charge is 0.377 e. The van der Waals surface area contributed by atoms with Crippen LogP contribution in [0.15, 0.2) is 30.3 Å². The number of halogens is 1. The van der Waals surface area contributed by atoms with Crippen LogP contribution in [0.3, 0.4) is 0 Å². The summed E-state index contributed by atoms with van der Waals surface area (Å²) in [5.74, 6) is -0.104. The van der Waals surface area contributed by atoms with Crippen LogP contribution in [-0.2, 0) is 19.6 Å². The number of carbonyl (C=O) groups is 1. The number of ether oxygens (including phenoxy) is 1. The van der Waals surface area contributed by atoms with Crippen molar-refractivity contribution < 1.29 is 17.9 Å². The van der Waals surface area contributed by atoms with Crippen LogP contribution >= 0.6 is 11.6 Å². The lowest BCUT2D eigenvalue weighted by Crippen LogP contribution is -2.46. The van der Waals surface area contributed by atoms with Crippen LogP contribution in [0.4, 0.5) is 0 Å². The van der Waals surface area contributed by atoms with Crippen molar-refractivity contribution in [3.63, 3.8) is 0 Å². The molecular formula is C19H25ClN2O4S. The van der Waals surface area contributed by atoms with E-state index in [1.807, 2.05) is 12.1 Å². The first-order valence-corrected chi connectivity index (χ1v) is 11.2. The van der Waals surface area contributed by atoms with Crippen LogP contribution in [0.25, 0.3) is 6.08 Å². The molecule has 0 saturated carbocycles. The molecule has 2 fully saturated rings. The number of hydrogen-bond acceptors (Lipinski definition) is 4. The van der Waals surface area contributed by atoms with E-state index in [1.54, 1.807) is 23.1 Å². The van der Waals surface area contributed by atoms with Crippen molar-refractivity contribution >= 4 is 33.6 Å². The molecule has 0 aromatic heterocycles. The Morgan fingerprint density at radius 3 is 2.56 bits per heavy atom. The van der Waals surface area contributed by atoms with Gasteiger partial charge in [0.05, 0.1) is 11.4 Å². The van der Waals surface area contributed by atoms with Gasteiger partial charge in [0.25, 0.3) is 0 Å². The molecule has 0 spiro atoms. The van der Waals surface area contributed by atoms with Crippen LogP contribution in [-0.4, -0.2) is 56.8 Å². The molecule has 2 aliphatic heterocycles. The molecule has 0 bridgehead atoms. The van der Waals surface area contributed by atoms with Crippen LogP contribution in [0.1, 0.15) is 31.2 Å². The lowest BCUT2D eigenvalue weighted by molar-refractivity contribution is -0.126. The number of piperidine rings is 1. The third-order valence-corrected chi connectivity index (χ3v) is 7.19. The smallest absolute Gasteiger partial charge is 0.246 e. The van der Waals surface area contributed by atoms with Gasteiger partial charge in [-0.1, -0.05) is 23.7 Å². The number of rotatable bonds is 6. The van der Waals surface area contributed by atoms with E-state index in [9.17, 15) is 13.2 Å². The molecule has 0 unspecified atom stereocenters. The van der Waals surface area contributed by atoms with E-state index >= 15 is 0 Å². The molecule has 8 heteroatoms. The SMILES string of the molecule is O=C(/C=C/c1ccc(Cl)cc1)N1CCC(S(=O)(=O)NC[C@H]2CCCO2)CC1. The minimum absolute atomic E-state index is 0.0144. The molecule has 3 rings (SSSR count). The fourth-order valence-corrected chi connectivity index (χ4v) is 4.98. The molecule has 0 aliphatic carbocycles. The second kappa shape index (κ2) is 9.19. The van der Waals surface area contributed by atoms with Crippen molar-refractivity contribution in [1.29, 1.82) is 0 Å². The molecule has 2 heterocycles. The minimum atomic E-state index is -3.38. The summed E-state index contributed by atoms with van der Waals surface area (Å²) >= 11 is 5.85. The molecule has 0 radical (unpaired) electrons. The maximum absolute atomic E-state index is 12.5. The van der Waals surface area contributed by atoms with Gasteiger partial charge in [0.15, 0.2) is 0 Å². The number of nitrogens with one attached hydrogen (secondary N) is 1. The number of hydrogen-bond donors (Lipinski definition) is 1. The zero-order valence-corrected chi connectivity index (χ0v) is 16.7. The normalized spacial score (nSPS) is 21.8. The second-order valence-corrected chi connectivity index (χ2v) is 9.42. The summed E-state index contributed by atoms with van der Waals surface area (Å²) in [4.78, 5) is 14.0. The minimum Gasteiger partial charge on any atom is -0.377 e. The van der Waals surface area contributed by atoms with Gasteiger partial charge in [0.2, 0.25) is 15.9 Å². The molecule has 6 nitrogen and oxygen atoms in total. The zero-order valence-electron chi connectivity index (χ0n) is 15.1. The Hall–Kier alpha value is -1.41. The molecule has 2 aliphatic rings. The average Bonchev–Trinajstić information content (AvgIpc) is 3.20. The molecule has 1 N–H and O–H groups in total. The maximum atomic E-state index is 12.5. The van der Waals surface area contributed by atoms with Crippen molar-refractivity contribution in [2.45, 2.75) is 37.0 Å². The van der Waals surface area contributed by atoms with Gasteiger partial charge in [-0.05, 0) is 49.5 Å². The highest BCUT2D eigenvalue weighted by Crippen LogP contribution is 2.19. The van der Waals surface area contributed by atoms with E-state index in [1.165, 1.54) is 6.08 Å². The number of sulfonamides is 1. The Labute approximate surface area is 165 Å². The first-order chi connectivity index (χ1) is 12.9. The zero-order chi connectivity index (χ0) is 19.3. The Balaban J connectivity index is 1.47. The summed E-state index contributed by atoms with van der Waals surface area (Å²) in [6, 6.07) is 7.21. The molecule has 1 atom stereocenters. The third-order valence-electron chi connectivity index (χ3n) is 5.02. The Morgan fingerprint density at radius 1 is 1.22 bits per heavy atom. The van der Waals surface area contributed by atoms with E-state index in [-0.39, 0.29) is 12.0 Å². The summed E-state index contributed by atoms with van der Waals surface area (Å²) in [6.45, 7) is 1.92. The van der Waals surface area contributed by atoms with Crippen molar-refractivity contribution in [1.82, 2.24) is 9.62 Å². The highest BCUT2D eigenvalue weighted by molar-refractivity contribution is 7.90. The Kier molecular flexibility index (Phi) is 6.92. The summed E-state index contributed by atoms with van der Waals surface area (Å²) in [6.07, 6.45) is 6.02. The Morgan fingerprint density at radius 2 is 1.93 bits per heavy atom.